The first-order valence-corrected chi connectivity index (χ1v) is 10.6. The molecule has 0 aliphatic carbocycles. The number of benzene rings is 1. The molecule has 0 atom stereocenters. The zero-order chi connectivity index (χ0) is 22.4. The molecule has 2 bridgehead atoms. The molecule has 1 aromatic carbocycles. The second-order valence-corrected chi connectivity index (χ2v) is 7.95. The van der Waals surface area contributed by atoms with Gasteiger partial charge in [-0.25, -0.2) is 4.68 Å². The van der Waals surface area contributed by atoms with Gasteiger partial charge in [0, 0.05) is 32.1 Å². The molecule has 9 nitrogen and oxygen atoms in total. The van der Waals surface area contributed by atoms with Gasteiger partial charge in [-0.05, 0) is 36.3 Å². The van der Waals surface area contributed by atoms with Crippen LogP contribution in [0.15, 0.2) is 24.4 Å². The lowest BCUT2D eigenvalue weighted by Gasteiger charge is -2.18. The smallest absolute Gasteiger partial charge is 0.272 e. The second kappa shape index (κ2) is 7.67. The molecule has 0 fully saturated rings. The Bertz CT molecular complexity index is 1360. The van der Waals surface area contributed by atoms with Gasteiger partial charge in [0.1, 0.15) is 12.3 Å². The highest BCUT2D eigenvalue weighted by atomic mass is 16.5. The van der Waals surface area contributed by atoms with Crippen molar-refractivity contribution in [2.45, 2.75) is 13.3 Å². The number of fused-ring (bicyclic) bond motifs is 4. The number of ether oxygens (including phenoxy) is 1. The van der Waals surface area contributed by atoms with Gasteiger partial charge in [-0.15, -0.1) is 0 Å². The molecule has 1 N–H and O–H groups in total. The molecule has 164 valence electrons. The third-order valence-electron chi connectivity index (χ3n) is 5.91. The number of carbonyl (C=O) groups is 1. The van der Waals surface area contributed by atoms with E-state index < -0.39 is 0 Å². The molecule has 0 radical (unpaired) electrons. The minimum atomic E-state index is -0.0987. The Kier molecular flexibility index (Phi) is 4.80. The van der Waals surface area contributed by atoms with Crippen molar-refractivity contribution in [1.29, 1.82) is 0 Å². The first kappa shape index (κ1) is 20.0. The molecule has 3 aromatic heterocycles. The summed E-state index contributed by atoms with van der Waals surface area (Å²) < 4.78 is 9.47. The highest BCUT2D eigenvalue weighted by Gasteiger charge is 2.23. The summed E-state index contributed by atoms with van der Waals surface area (Å²) in [5.74, 6) is 0.563. The van der Waals surface area contributed by atoms with Gasteiger partial charge in [0.2, 0.25) is 5.88 Å². The van der Waals surface area contributed by atoms with Crippen molar-refractivity contribution < 1.29 is 9.53 Å². The van der Waals surface area contributed by atoms with Gasteiger partial charge in [0.05, 0.1) is 35.2 Å². The third-order valence-corrected chi connectivity index (χ3v) is 5.91. The van der Waals surface area contributed by atoms with Crippen molar-refractivity contribution in [2.24, 2.45) is 14.1 Å². The molecule has 1 aliphatic heterocycles. The number of carbonyl (C=O) groups excluding carboxylic acids is 1. The Labute approximate surface area is 185 Å². The zero-order valence-electron chi connectivity index (χ0n) is 18.6. The van der Waals surface area contributed by atoms with E-state index in [9.17, 15) is 4.79 Å². The maximum Gasteiger partial charge on any atom is 0.272 e. The molecule has 4 heterocycles. The van der Waals surface area contributed by atoms with E-state index in [2.05, 4.69) is 26.5 Å². The van der Waals surface area contributed by atoms with Crippen LogP contribution < -0.4 is 4.74 Å². The van der Waals surface area contributed by atoms with E-state index in [1.54, 1.807) is 27.5 Å². The van der Waals surface area contributed by atoms with Crippen LogP contribution in [0.1, 0.15) is 34.4 Å². The van der Waals surface area contributed by atoms with Gasteiger partial charge in [0.15, 0.2) is 0 Å². The predicted molar refractivity (Wildman–Crippen MR) is 122 cm³/mol. The number of nitrogens with zero attached hydrogens (tertiary/aromatic N) is 6. The number of nitrogens with one attached hydrogen (secondary N) is 1. The van der Waals surface area contributed by atoms with Gasteiger partial charge < -0.3 is 9.64 Å². The molecule has 5 rings (SSSR count). The summed E-state index contributed by atoms with van der Waals surface area (Å²) in [4.78, 5) is 15.0. The van der Waals surface area contributed by atoms with Crippen LogP contribution in [-0.4, -0.2) is 60.8 Å². The van der Waals surface area contributed by atoms with Crippen LogP contribution in [0.25, 0.3) is 34.2 Å². The van der Waals surface area contributed by atoms with Gasteiger partial charge >= 0.3 is 0 Å². The van der Waals surface area contributed by atoms with Crippen LogP contribution in [-0.2, 0) is 20.5 Å². The minimum absolute atomic E-state index is 0.0987. The predicted octanol–water partition coefficient (Wildman–Crippen LogP) is 2.89. The van der Waals surface area contributed by atoms with Crippen LogP contribution in [0.3, 0.4) is 0 Å². The average Bonchev–Trinajstić information content (AvgIpc) is 3.45. The van der Waals surface area contributed by atoms with Crippen LogP contribution in [0.4, 0.5) is 0 Å². The summed E-state index contributed by atoms with van der Waals surface area (Å²) in [7, 11) is 5.43. The van der Waals surface area contributed by atoms with Crippen molar-refractivity contribution in [3.05, 3.63) is 47.0 Å². The van der Waals surface area contributed by atoms with Crippen LogP contribution in [0.2, 0.25) is 0 Å². The van der Waals surface area contributed by atoms with Crippen molar-refractivity contribution >= 4 is 29.0 Å². The maximum atomic E-state index is 13.3. The summed E-state index contributed by atoms with van der Waals surface area (Å²) in [6.07, 6.45) is 6.45. The fourth-order valence-corrected chi connectivity index (χ4v) is 4.13. The number of aryl methyl sites for hydroxylation is 3. The van der Waals surface area contributed by atoms with E-state index in [-0.39, 0.29) is 5.91 Å². The molecule has 4 aromatic rings. The summed E-state index contributed by atoms with van der Waals surface area (Å²) >= 11 is 0. The third kappa shape index (κ3) is 3.17. The highest BCUT2D eigenvalue weighted by molar-refractivity contribution is 5.99. The highest BCUT2D eigenvalue weighted by Crippen LogP contribution is 2.33. The molecular formula is C23H25N7O2. The summed E-state index contributed by atoms with van der Waals surface area (Å²) in [6, 6.07) is 6.09. The normalized spacial score (nSPS) is 15.2. The van der Waals surface area contributed by atoms with Crippen molar-refractivity contribution in [2.75, 3.05) is 20.2 Å². The van der Waals surface area contributed by atoms with Crippen LogP contribution in [0.5, 0.6) is 5.88 Å². The lowest BCUT2D eigenvalue weighted by molar-refractivity contribution is 0.0760. The zero-order valence-corrected chi connectivity index (χ0v) is 18.6. The Morgan fingerprint density at radius 2 is 2.00 bits per heavy atom. The topological polar surface area (TPSA) is 93.9 Å². The molecular weight excluding hydrogens is 406 g/mol. The fraction of sp³-hybridized carbons (Fsp3) is 0.304. The number of rotatable bonds is 1. The molecule has 1 aliphatic rings. The Hall–Kier alpha value is -3.88. The van der Waals surface area contributed by atoms with Gasteiger partial charge in [0.25, 0.3) is 5.91 Å². The number of likely N-dealkylation sites (N-methyl/N-ethyl adjacent to an activating group) is 1. The average molecular weight is 432 g/mol. The lowest BCUT2D eigenvalue weighted by Crippen LogP contribution is -2.32. The number of aromatic nitrogens is 6. The maximum absolute atomic E-state index is 13.3. The molecule has 0 saturated heterocycles. The molecule has 9 heteroatoms. The fourth-order valence-electron chi connectivity index (χ4n) is 4.13. The van der Waals surface area contributed by atoms with E-state index in [4.69, 9.17) is 4.74 Å². The number of amides is 1. The number of hydrogen-bond donors (Lipinski definition) is 1. The Balaban J connectivity index is 1.71. The van der Waals surface area contributed by atoms with Crippen LogP contribution in [0, 0.1) is 0 Å². The molecule has 1 amide bonds. The van der Waals surface area contributed by atoms with Gasteiger partial charge in [-0.3, -0.25) is 14.6 Å². The summed E-state index contributed by atoms with van der Waals surface area (Å²) in [5, 5.41) is 17.5. The largest absolute Gasteiger partial charge is 0.476 e. The van der Waals surface area contributed by atoms with E-state index in [0.29, 0.717) is 24.7 Å². The SMILES string of the molecule is CCc1nn(C)c2c1/C=C/c1[nH]nc3ccc(cc13)-c1cnn(C)c1OCCN(C)C2=O. The lowest BCUT2D eigenvalue weighted by atomic mass is 10.0. The molecule has 32 heavy (non-hydrogen) atoms. The van der Waals surface area contributed by atoms with E-state index in [1.165, 1.54) is 0 Å². The van der Waals surface area contributed by atoms with Crippen molar-refractivity contribution in [3.8, 4) is 17.0 Å². The van der Waals surface area contributed by atoms with E-state index >= 15 is 0 Å². The van der Waals surface area contributed by atoms with E-state index in [0.717, 1.165) is 45.4 Å². The Morgan fingerprint density at radius 3 is 2.81 bits per heavy atom. The first-order chi connectivity index (χ1) is 15.5. The standard InChI is InChI=1S/C23H25N7O2/c1-5-18-15-7-9-20-16-12-14(6-8-19(16)25-26-20)17-13-24-30(4)23(17)32-11-10-28(2)22(31)21(15)29(3)27-18/h6-9,12-13H,5,10-11H2,1-4H3,(H,25,26)/b9-7+. The van der Waals surface area contributed by atoms with Gasteiger partial charge in [-0.2, -0.15) is 15.3 Å². The van der Waals surface area contributed by atoms with Crippen molar-refractivity contribution in [1.82, 2.24) is 34.7 Å². The Morgan fingerprint density at radius 1 is 1.16 bits per heavy atom. The van der Waals surface area contributed by atoms with Crippen molar-refractivity contribution in [3.63, 3.8) is 0 Å². The summed E-state index contributed by atoms with van der Waals surface area (Å²) in [6.45, 7) is 2.82. The molecule has 0 spiro atoms. The second-order valence-electron chi connectivity index (χ2n) is 7.95. The number of H-pyrrole nitrogens is 1. The van der Waals surface area contributed by atoms with E-state index in [1.807, 2.05) is 45.3 Å². The molecule has 0 unspecified atom stereocenters. The molecule has 0 saturated carbocycles. The summed E-state index contributed by atoms with van der Waals surface area (Å²) in [5.41, 5.74) is 5.88. The van der Waals surface area contributed by atoms with Crippen LogP contribution >= 0.6 is 0 Å². The first-order valence-electron chi connectivity index (χ1n) is 10.6. The van der Waals surface area contributed by atoms with Gasteiger partial charge in [-0.1, -0.05) is 13.0 Å². The minimum Gasteiger partial charge on any atom is -0.476 e. The quantitative estimate of drug-likeness (QED) is 0.500. The number of hydrogen-bond acceptors (Lipinski definition) is 5. The number of aromatic amines is 1. The monoisotopic (exact) mass is 431 g/mol.